The minimum absolute atomic E-state index is 0. The molecule has 6 heteroatoms. The fraction of sp³-hybridized carbons (Fsp3) is 0.889. The largest absolute Gasteiger partial charge is 0.339 e. The van der Waals surface area contributed by atoms with E-state index < -0.39 is 0 Å². The number of carbonyl (C=O) groups is 2. The van der Waals surface area contributed by atoms with Crippen LogP contribution in [-0.4, -0.2) is 53.3 Å². The van der Waals surface area contributed by atoms with Crippen LogP contribution in [0.2, 0.25) is 0 Å². The zero-order valence-corrected chi connectivity index (χ0v) is 15.6. The van der Waals surface area contributed by atoms with E-state index in [9.17, 15) is 9.59 Å². The molecule has 2 amide bonds. The molecule has 0 spiro atoms. The molecule has 2 saturated heterocycles. The smallest absolute Gasteiger partial charge is 0.228 e. The van der Waals surface area contributed by atoms with Crippen molar-refractivity contribution in [2.75, 3.05) is 19.6 Å². The summed E-state index contributed by atoms with van der Waals surface area (Å²) < 4.78 is 0. The molecule has 2 unspecified atom stereocenters. The molecule has 0 aromatic heterocycles. The fourth-order valence-electron chi connectivity index (χ4n) is 4.57. The lowest BCUT2D eigenvalue weighted by atomic mass is 9.86. The van der Waals surface area contributed by atoms with Crippen LogP contribution in [0, 0.1) is 11.8 Å². The first kappa shape index (κ1) is 19.5. The van der Waals surface area contributed by atoms with Crippen LogP contribution in [-0.2, 0) is 9.59 Å². The lowest BCUT2D eigenvalue weighted by Gasteiger charge is -2.37. The molecule has 1 aliphatic carbocycles. The highest BCUT2D eigenvalue weighted by Gasteiger charge is 2.41. The SMILES string of the molecule is CC1CCC(N2CC(C(=O)N3CCCCC3CN)CC2=O)CC1.Cl. The van der Waals surface area contributed by atoms with Gasteiger partial charge in [0.1, 0.15) is 0 Å². The Labute approximate surface area is 151 Å². The second-order valence-corrected chi connectivity index (χ2v) is 7.78. The minimum atomic E-state index is -0.144. The molecule has 2 N–H and O–H groups in total. The number of nitrogens with zero attached hydrogens (tertiary/aromatic N) is 2. The zero-order chi connectivity index (χ0) is 16.4. The highest BCUT2D eigenvalue weighted by Crippen LogP contribution is 2.32. The third-order valence-electron chi connectivity index (χ3n) is 6.12. The minimum Gasteiger partial charge on any atom is -0.339 e. The maximum Gasteiger partial charge on any atom is 0.228 e. The highest BCUT2D eigenvalue weighted by atomic mass is 35.5. The van der Waals surface area contributed by atoms with E-state index in [0.717, 1.165) is 44.6 Å². The number of amides is 2. The molecule has 3 aliphatic rings. The second-order valence-electron chi connectivity index (χ2n) is 7.78. The van der Waals surface area contributed by atoms with Crippen LogP contribution < -0.4 is 5.73 Å². The molecule has 2 heterocycles. The Morgan fingerprint density at radius 1 is 1.17 bits per heavy atom. The average molecular weight is 358 g/mol. The van der Waals surface area contributed by atoms with Gasteiger partial charge < -0.3 is 15.5 Å². The zero-order valence-electron chi connectivity index (χ0n) is 14.8. The first-order chi connectivity index (χ1) is 11.1. The van der Waals surface area contributed by atoms with Gasteiger partial charge in [-0.2, -0.15) is 0 Å². The van der Waals surface area contributed by atoms with Crippen molar-refractivity contribution in [1.29, 1.82) is 0 Å². The third kappa shape index (κ3) is 4.05. The first-order valence-electron chi connectivity index (χ1n) is 9.40. The van der Waals surface area contributed by atoms with Gasteiger partial charge in [0, 0.05) is 38.1 Å². The van der Waals surface area contributed by atoms with Crippen LogP contribution >= 0.6 is 12.4 Å². The third-order valence-corrected chi connectivity index (χ3v) is 6.12. The summed E-state index contributed by atoms with van der Waals surface area (Å²) in [5.41, 5.74) is 5.84. The lowest BCUT2D eigenvalue weighted by Crippen LogP contribution is -2.50. The Kier molecular flexibility index (Phi) is 6.93. The maximum atomic E-state index is 12.9. The molecule has 0 aromatic rings. The number of likely N-dealkylation sites (tertiary alicyclic amines) is 2. The van der Waals surface area contributed by atoms with Gasteiger partial charge in [-0.05, 0) is 50.9 Å². The quantitative estimate of drug-likeness (QED) is 0.841. The summed E-state index contributed by atoms with van der Waals surface area (Å²) >= 11 is 0. The average Bonchev–Trinajstić information content (AvgIpc) is 2.96. The Balaban J connectivity index is 0.00000208. The van der Waals surface area contributed by atoms with Gasteiger partial charge in [0.25, 0.3) is 0 Å². The van der Waals surface area contributed by atoms with Crippen molar-refractivity contribution in [3.63, 3.8) is 0 Å². The van der Waals surface area contributed by atoms with E-state index in [1.165, 1.54) is 12.8 Å². The molecule has 0 bridgehead atoms. The topological polar surface area (TPSA) is 66.6 Å². The predicted octanol–water partition coefficient (Wildman–Crippen LogP) is 2.18. The Morgan fingerprint density at radius 2 is 1.88 bits per heavy atom. The number of rotatable bonds is 3. The van der Waals surface area contributed by atoms with Crippen LogP contribution in [0.4, 0.5) is 0 Å². The van der Waals surface area contributed by atoms with Crippen molar-refractivity contribution < 1.29 is 9.59 Å². The van der Waals surface area contributed by atoms with Gasteiger partial charge >= 0.3 is 0 Å². The first-order valence-corrected chi connectivity index (χ1v) is 9.40. The molecule has 5 nitrogen and oxygen atoms in total. The molecule has 0 aromatic carbocycles. The standard InChI is InChI=1S/C18H31N3O2.ClH/c1-13-5-7-15(8-6-13)21-12-14(10-17(21)22)18(23)20-9-3-2-4-16(20)11-19;/h13-16H,2-12,19H2,1H3;1H. The normalized spacial score (nSPS) is 34.2. The van der Waals surface area contributed by atoms with Crippen molar-refractivity contribution in [3.8, 4) is 0 Å². The van der Waals surface area contributed by atoms with Crippen LogP contribution in [0.5, 0.6) is 0 Å². The van der Waals surface area contributed by atoms with Crippen molar-refractivity contribution >= 4 is 24.2 Å². The molecule has 2 aliphatic heterocycles. The summed E-state index contributed by atoms with van der Waals surface area (Å²) in [6, 6.07) is 0.541. The molecule has 138 valence electrons. The van der Waals surface area contributed by atoms with Crippen molar-refractivity contribution in [2.45, 2.75) is 70.4 Å². The molecule has 1 saturated carbocycles. The number of halogens is 1. The summed E-state index contributed by atoms with van der Waals surface area (Å²) in [4.78, 5) is 29.3. The molecule has 2 atom stereocenters. The van der Waals surface area contributed by atoms with Gasteiger partial charge in [-0.1, -0.05) is 6.92 Å². The summed E-state index contributed by atoms with van der Waals surface area (Å²) in [5.74, 6) is 0.985. The van der Waals surface area contributed by atoms with E-state index in [-0.39, 0.29) is 36.2 Å². The summed E-state index contributed by atoms with van der Waals surface area (Å²) in [6.45, 7) is 4.27. The summed E-state index contributed by atoms with van der Waals surface area (Å²) in [5, 5.41) is 0. The number of hydrogen-bond acceptors (Lipinski definition) is 3. The van der Waals surface area contributed by atoms with E-state index in [4.69, 9.17) is 5.73 Å². The van der Waals surface area contributed by atoms with Gasteiger partial charge in [-0.3, -0.25) is 9.59 Å². The van der Waals surface area contributed by atoms with Gasteiger partial charge in [0.05, 0.1) is 5.92 Å². The van der Waals surface area contributed by atoms with Crippen LogP contribution in [0.3, 0.4) is 0 Å². The van der Waals surface area contributed by atoms with E-state index >= 15 is 0 Å². The van der Waals surface area contributed by atoms with Gasteiger partial charge in [0.15, 0.2) is 0 Å². The van der Waals surface area contributed by atoms with E-state index in [2.05, 4.69) is 6.92 Å². The molecule has 0 radical (unpaired) electrons. The maximum absolute atomic E-state index is 12.9. The molecular weight excluding hydrogens is 326 g/mol. The Bertz CT molecular complexity index is 452. The summed E-state index contributed by atoms with van der Waals surface area (Å²) in [6.07, 6.45) is 8.23. The van der Waals surface area contributed by atoms with Crippen LogP contribution in [0.15, 0.2) is 0 Å². The number of carbonyl (C=O) groups excluding carboxylic acids is 2. The van der Waals surface area contributed by atoms with Gasteiger partial charge in [0.2, 0.25) is 11.8 Å². The van der Waals surface area contributed by atoms with Crippen molar-refractivity contribution in [1.82, 2.24) is 9.80 Å². The monoisotopic (exact) mass is 357 g/mol. The van der Waals surface area contributed by atoms with Gasteiger partial charge in [-0.25, -0.2) is 0 Å². The predicted molar refractivity (Wildman–Crippen MR) is 96.9 cm³/mol. The molecule has 24 heavy (non-hydrogen) atoms. The van der Waals surface area contributed by atoms with E-state index in [1.807, 2.05) is 9.80 Å². The number of hydrogen-bond donors (Lipinski definition) is 1. The summed E-state index contributed by atoms with van der Waals surface area (Å²) in [7, 11) is 0. The number of nitrogens with two attached hydrogens (primary N) is 1. The second kappa shape index (κ2) is 8.52. The van der Waals surface area contributed by atoms with E-state index in [1.54, 1.807) is 0 Å². The van der Waals surface area contributed by atoms with Crippen LogP contribution in [0.1, 0.15) is 58.3 Å². The Hall–Kier alpha value is -0.810. The molecule has 3 fully saturated rings. The van der Waals surface area contributed by atoms with Crippen molar-refractivity contribution in [3.05, 3.63) is 0 Å². The highest BCUT2D eigenvalue weighted by molar-refractivity contribution is 5.89. The van der Waals surface area contributed by atoms with Gasteiger partial charge in [-0.15, -0.1) is 12.4 Å². The fourth-order valence-corrected chi connectivity index (χ4v) is 4.57. The van der Waals surface area contributed by atoms with Crippen LogP contribution in [0.25, 0.3) is 0 Å². The molecular formula is C18H32ClN3O2. The molecule has 3 rings (SSSR count). The lowest BCUT2D eigenvalue weighted by molar-refractivity contribution is -0.139. The Morgan fingerprint density at radius 3 is 2.54 bits per heavy atom. The van der Waals surface area contributed by atoms with E-state index in [0.29, 0.717) is 25.6 Å². The van der Waals surface area contributed by atoms with Crippen molar-refractivity contribution in [2.24, 2.45) is 17.6 Å². The number of piperidine rings is 1.